The number of pyridine rings is 1. The van der Waals surface area contributed by atoms with Crippen molar-refractivity contribution in [1.82, 2.24) is 4.68 Å². The van der Waals surface area contributed by atoms with Gasteiger partial charge in [0, 0.05) is 17.8 Å². The summed E-state index contributed by atoms with van der Waals surface area (Å²) in [5, 5.41) is 0. The molecule has 0 bridgehead atoms. The molecule has 1 aromatic heterocycles. The van der Waals surface area contributed by atoms with Gasteiger partial charge in [-0.05, 0) is 42.3 Å². The third kappa shape index (κ3) is 4.85. The minimum absolute atomic E-state index is 0.177. The summed E-state index contributed by atoms with van der Waals surface area (Å²) in [6, 6.07) is 18.7. The van der Waals surface area contributed by atoms with E-state index in [1.807, 2.05) is 61.5 Å². The van der Waals surface area contributed by atoms with Gasteiger partial charge in [0.15, 0.2) is 0 Å². The van der Waals surface area contributed by atoms with Crippen LogP contribution in [0.5, 0.6) is 17.2 Å². The van der Waals surface area contributed by atoms with E-state index < -0.39 is 0 Å². The lowest BCUT2D eigenvalue weighted by atomic mass is 10.2. The summed E-state index contributed by atoms with van der Waals surface area (Å²) in [6.45, 7) is 2.72. The number of hydrogen-bond donors (Lipinski definition) is 1. The quantitative estimate of drug-likeness (QED) is 0.648. The Morgan fingerprint density at radius 3 is 2.14 bits per heavy atom. The largest absolute Gasteiger partial charge is 0.497 e. The first-order valence-corrected chi connectivity index (χ1v) is 8.95. The van der Waals surface area contributed by atoms with Crippen molar-refractivity contribution in [2.75, 3.05) is 19.6 Å². The molecule has 0 radical (unpaired) electrons. The monoisotopic (exact) mass is 380 g/mol. The second-order valence-electron chi connectivity index (χ2n) is 6.33. The highest BCUT2D eigenvalue weighted by Crippen LogP contribution is 2.16. The van der Waals surface area contributed by atoms with Gasteiger partial charge in [0.2, 0.25) is 0 Å². The Bertz CT molecular complexity index is 998. The highest BCUT2D eigenvalue weighted by atomic mass is 16.5. The van der Waals surface area contributed by atoms with Crippen LogP contribution in [0.3, 0.4) is 0 Å². The number of ether oxygens (including phenoxy) is 3. The zero-order valence-corrected chi connectivity index (χ0v) is 16.3. The van der Waals surface area contributed by atoms with E-state index in [1.165, 1.54) is 10.7 Å². The summed E-state index contributed by atoms with van der Waals surface area (Å²) in [5.74, 6) is 2.09. The summed E-state index contributed by atoms with van der Waals surface area (Å²) in [7, 11) is 3.26. The number of benzene rings is 2. The zero-order valence-electron chi connectivity index (χ0n) is 16.3. The molecule has 0 fully saturated rings. The van der Waals surface area contributed by atoms with Crippen molar-refractivity contribution >= 4 is 0 Å². The first-order valence-electron chi connectivity index (χ1n) is 8.95. The predicted octanol–water partition coefficient (Wildman–Crippen LogP) is 3.50. The molecule has 2 aromatic carbocycles. The van der Waals surface area contributed by atoms with Crippen LogP contribution < -0.4 is 25.2 Å². The van der Waals surface area contributed by atoms with Gasteiger partial charge in [-0.25, -0.2) is 4.68 Å². The van der Waals surface area contributed by atoms with Crippen LogP contribution in [0, 0.1) is 6.92 Å². The topological polar surface area (TPSA) is 61.7 Å². The van der Waals surface area contributed by atoms with Crippen LogP contribution in [-0.2, 0) is 13.2 Å². The van der Waals surface area contributed by atoms with E-state index in [1.54, 1.807) is 14.2 Å². The molecular weight excluding hydrogens is 356 g/mol. The molecule has 6 heteroatoms. The van der Waals surface area contributed by atoms with Gasteiger partial charge in [-0.2, -0.15) is 0 Å². The van der Waals surface area contributed by atoms with Crippen LogP contribution in [0.15, 0.2) is 65.5 Å². The molecular formula is C22H24N2O4. The molecule has 0 aliphatic heterocycles. The highest BCUT2D eigenvalue weighted by molar-refractivity contribution is 5.31. The number of hydrogen-bond acceptors (Lipinski definition) is 5. The van der Waals surface area contributed by atoms with Gasteiger partial charge < -0.3 is 19.6 Å². The Kier molecular flexibility index (Phi) is 6.22. The second-order valence-corrected chi connectivity index (χ2v) is 6.33. The summed E-state index contributed by atoms with van der Waals surface area (Å²) in [4.78, 5) is 12.5. The maximum atomic E-state index is 12.5. The van der Waals surface area contributed by atoms with E-state index in [0.29, 0.717) is 18.9 Å². The maximum absolute atomic E-state index is 12.5. The lowest BCUT2D eigenvalue weighted by Gasteiger charge is -2.15. The van der Waals surface area contributed by atoms with E-state index in [9.17, 15) is 4.79 Å². The van der Waals surface area contributed by atoms with Crippen LogP contribution in [-0.4, -0.2) is 18.9 Å². The van der Waals surface area contributed by atoms with Crippen molar-refractivity contribution in [2.24, 2.45) is 0 Å². The van der Waals surface area contributed by atoms with Crippen molar-refractivity contribution in [3.05, 3.63) is 87.8 Å². The molecule has 0 amide bonds. The Morgan fingerprint density at radius 1 is 0.857 bits per heavy atom. The fourth-order valence-corrected chi connectivity index (χ4v) is 2.84. The number of nitrogens with zero attached hydrogens (tertiary/aromatic N) is 1. The minimum Gasteiger partial charge on any atom is -0.497 e. The SMILES string of the molecule is COc1cccc(CNn2c(C)cc(OCc3cccc(OC)c3)cc2=O)c1. The molecule has 0 aliphatic carbocycles. The molecule has 0 unspecified atom stereocenters. The van der Waals surface area contributed by atoms with Gasteiger partial charge in [0.1, 0.15) is 23.9 Å². The van der Waals surface area contributed by atoms with E-state index >= 15 is 0 Å². The van der Waals surface area contributed by atoms with Crippen molar-refractivity contribution in [3.63, 3.8) is 0 Å². The molecule has 6 nitrogen and oxygen atoms in total. The van der Waals surface area contributed by atoms with E-state index in [4.69, 9.17) is 14.2 Å². The first kappa shape index (κ1) is 19.4. The molecule has 3 rings (SSSR count). The molecule has 3 aromatic rings. The number of aromatic nitrogens is 1. The standard InChI is InChI=1S/C22H24N2O4/c1-16-10-21(28-15-18-7-5-9-20(12-18)27-3)13-22(25)24(16)23-14-17-6-4-8-19(11-17)26-2/h4-13,23H,14-15H2,1-3H3. The summed E-state index contributed by atoms with van der Waals surface area (Å²) < 4.78 is 17.7. The Morgan fingerprint density at radius 2 is 1.50 bits per heavy atom. The van der Waals surface area contributed by atoms with Gasteiger partial charge in [0.05, 0.1) is 20.8 Å². The third-order valence-electron chi connectivity index (χ3n) is 4.31. The lowest BCUT2D eigenvalue weighted by Crippen LogP contribution is -2.30. The van der Waals surface area contributed by atoms with E-state index in [2.05, 4.69) is 5.43 Å². The summed E-state index contributed by atoms with van der Waals surface area (Å²) in [5.41, 5.74) is 5.71. The van der Waals surface area contributed by atoms with E-state index in [0.717, 1.165) is 28.3 Å². The second kappa shape index (κ2) is 8.99. The van der Waals surface area contributed by atoms with E-state index in [-0.39, 0.29) is 5.56 Å². The summed E-state index contributed by atoms with van der Waals surface area (Å²) in [6.07, 6.45) is 0. The fraction of sp³-hybridized carbons (Fsp3) is 0.227. The van der Waals surface area contributed by atoms with Crippen LogP contribution in [0.4, 0.5) is 0 Å². The summed E-state index contributed by atoms with van der Waals surface area (Å²) >= 11 is 0. The molecule has 1 heterocycles. The molecule has 1 N–H and O–H groups in total. The Balaban J connectivity index is 1.67. The van der Waals surface area contributed by atoms with Crippen molar-refractivity contribution in [1.29, 1.82) is 0 Å². The molecule has 0 atom stereocenters. The number of aryl methyl sites for hydroxylation is 1. The van der Waals surface area contributed by atoms with Gasteiger partial charge in [-0.3, -0.25) is 4.79 Å². The van der Waals surface area contributed by atoms with Crippen molar-refractivity contribution < 1.29 is 14.2 Å². The lowest BCUT2D eigenvalue weighted by molar-refractivity contribution is 0.303. The van der Waals surface area contributed by atoms with Crippen LogP contribution >= 0.6 is 0 Å². The smallest absolute Gasteiger partial charge is 0.272 e. The predicted molar refractivity (Wildman–Crippen MR) is 109 cm³/mol. The normalized spacial score (nSPS) is 10.4. The van der Waals surface area contributed by atoms with Crippen LogP contribution in [0.1, 0.15) is 16.8 Å². The maximum Gasteiger partial charge on any atom is 0.272 e. The first-order chi connectivity index (χ1) is 13.6. The van der Waals surface area contributed by atoms with Gasteiger partial charge in [-0.15, -0.1) is 0 Å². The zero-order chi connectivity index (χ0) is 19.9. The average Bonchev–Trinajstić information content (AvgIpc) is 2.72. The average molecular weight is 380 g/mol. The highest BCUT2D eigenvalue weighted by Gasteiger charge is 2.06. The number of nitrogens with one attached hydrogen (secondary N) is 1. The molecule has 0 saturated carbocycles. The fourth-order valence-electron chi connectivity index (χ4n) is 2.84. The Hall–Kier alpha value is -3.41. The van der Waals surface area contributed by atoms with Crippen molar-refractivity contribution in [2.45, 2.75) is 20.1 Å². The molecule has 0 saturated heterocycles. The molecule has 0 aliphatic rings. The third-order valence-corrected chi connectivity index (χ3v) is 4.31. The van der Waals surface area contributed by atoms with Gasteiger partial charge in [0.25, 0.3) is 5.56 Å². The molecule has 28 heavy (non-hydrogen) atoms. The van der Waals surface area contributed by atoms with Gasteiger partial charge in [-0.1, -0.05) is 24.3 Å². The molecule has 0 spiro atoms. The minimum atomic E-state index is -0.177. The van der Waals surface area contributed by atoms with Crippen LogP contribution in [0.25, 0.3) is 0 Å². The van der Waals surface area contributed by atoms with Crippen LogP contribution in [0.2, 0.25) is 0 Å². The molecule has 146 valence electrons. The van der Waals surface area contributed by atoms with Crippen molar-refractivity contribution in [3.8, 4) is 17.2 Å². The number of methoxy groups -OCH3 is 2. The number of rotatable bonds is 8. The van der Waals surface area contributed by atoms with Gasteiger partial charge >= 0.3 is 0 Å². The Labute approximate surface area is 164 Å².